The number of hydrogen-bond acceptors (Lipinski definition) is 3. The van der Waals surface area contributed by atoms with Crippen LogP contribution in [0, 0.1) is 0 Å². The normalized spacial score (nSPS) is 11.2. The molecule has 3 rings (SSSR count). The highest BCUT2D eigenvalue weighted by Gasteiger charge is 2.15. The van der Waals surface area contributed by atoms with Crippen molar-refractivity contribution in [1.82, 2.24) is 5.32 Å². The van der Waals surface area contributed by atoms with Crippen LogP contribution >= 0.6 is 0 Å². The van der Waals surface area contributed by atoms with E-state index in [1.165, 1.54) is 6.92 Å². The molecule has 4 nitrogen and oxygen atoms in total. The second-order valence-corrected chi connectivity index (χ2v) is 5.52. The van der Waals surface area contributed by atoms with E-state index >= 15 is 0 Å². The van der Waals surface area contributed by atoms with Gasteiger partial charge < -0.3 is 10.1 Å². The smallest absolute Gasteiger partial charge is 0.360 e. The molecule has 25 heavy (non-hydrogen) atoms. The summed E-state index contributed by atoms with van der Waals surface area (Å²) in [6, 6.07) is 22.4. The number of fused-ring (bicyclic) bond motifs is 1. The molecule has 124 valence electrons. The van der Waals surface area contributed by atoms with Gasteiger partial charge in [-0.3, -0.25) is 4.79 Å². The van der Waals surface area contributed by atoms with Crippen LogP contribution in [0.15, 0.2) is 78.5 Å². The Bertz CT molecular complexity index is 940. The van der Waals surface area contributed by atoms with Crippen LogP contribution in [-0.4, -0.2) is 11.9 Å². The lowest BCUT2D eigenvalue weighted by atomic mass is 10.1. The fourth-order valence-electron chi connectivity index (χ4n) is 2.49. The van der Waals surface area contributed by atoms with E-state index in [1.807, 2.05) is 66.7 Å². The summed E-state index contributed by atoms with van der Waals surface area (Å²) in [7, 11) is 0. The van der Waals surface area contributed by atoms with Crippen molar-refractivity contribution in [3.8, 4) is 5.75 Å². The first-order valence-electron chi connectivity index (χ1n) is 7.88. The summed E-state index contributed by atoms with van der Waals surface area (Å²) >= 11 is 0. The highest BCUT2D eigenvalue weighted by atomic mass is 16.5. The maximum absolute atomic E-state index is 12.6. The van der Waals surface area contributed by atoms with Gasteiger partial charge in [0.15, 0.2) is 0 Å². The van der Waals surface area contributed by atoms with Gasteiger partial charge in [-0.15, -0.1) is 0 Å². The predicted molar refractivity (Wildman–Crippen MR) is 97.8 cm³/mol. The zero-order valence-corrected chi connectivity index (χ0v) is 13.7. The monoisotopic (exact) mass is 331 g/mol. The summed E-state index contributed by atoms with van der Waals surface area (Å²) in [5.74, 6) is -0.500. The lowest BCUT2D eigenvalue weighted by Gasteiger charge is -2.10. The van der Waals surface area contributed by atoms with Gasteiger partial charge in [0.05, 0.1) is 0 Å². The van der Waals surface area contributed by atoms with E-state index in [0.29, 0.717) is 5.75 Å². The number of carbonyl (C=O) groups is 2. The minimum atomic E-state index is -0.615. The molecule has 4 heteroatoms. The molecule has 0 radical (unpaired) electrons. The second-order valence-electron chi connectivity index (χ2n) is 5.52. The summed E-state index contributed by atoms with van der Waals surface area (Å²) in [6.07, 6.45) is 1.59. The molecule has 0 aliphatic rings. The first kappa shape index (κ1) is 16.5. The Morgan fingerprint density at radius 3 is 2.32 bits per heavy atom. The average molecular weight is 331 g/mol. The highest BCUT2D eigenvalue weighted by Crippen LogP contribution is 2.25. The van der Waals surface area contributed by atoms with E-state index in [9.17, 15) is 9.59 Å². The Morgan fingerprint density at radius 2 is 1.56 bits per heavy atom. The molecule has 1 N–H and O–H groups in total. The number of benzene rings is 3. The maximum Gasteiger partial charge on any atom is 0.360 e. The van der Waals surface area contributed by atoms with Crippen molar-refractivity contribution in [3.05, 3.63) is 84.1 Å². The van der Waals surface area contributed by atoms with Gasteiger partial charge in [-0.05, 0) is 23.1 Å². The van der Waals surface area contributed by atoms with Gasteiger partial charge in [0.2, 0.25) is 5.91 Å². The standard InChI is InChI=1S/C21H17NO3/c1-15(23)22-19(14-16-8-3-2-4-9-16)21(24)25-20-13-7-11-17-10-5-6-12-18(17)20/h2-14H,1H3,(H,22,23)/b19-14-. The summed E-state index contributed by atoms with van der Waals surface area (Å²) in [5.41, 5.74) is 0.882. The van der Waals surface area contributed by atoms with Crippen molar-refractivity contribution >= 4 is 28.7 Å². The van der Waals surface area contributed by atoms with Gasteiger partial charge in [0.1, 0.15) is 11.4 Å². The lowest BCUT2D eigenvalue weighted by Crippen LogP contribution is -2.27. The van der Waals surface area contributed by atoms with Gasteiger partial charge in [0, 0.05) is 12.3 Å². The Hall–Kier alpha value is -3.40. The fourth-order valence-corrected chi connectivity index (χ4v) is 2.49. The molecular weight excluding hydrogens is 314 g/mol. The number of carbonyl (C=O) groups excluding carboxylic acids is 2. The molecule has 1 amide bonds. The Labute approximate surface area is 145 Å². The zero-order valence-electron chi connectivity index (χ0n) is 13.7. The SMILES string of the molecule is CC(=O)N/C(=C\c1ccccc1)C(=O)Oc1cccc2ccccc12. The number of amides is 1. The second kappa shape index (κ2) is 7.45. The quantitative estimate of drug-likeness (QED) is 0.448. The zero-order chi connectivity index (χ0) is 17.6. The molecule has 0 atom stereocenters. The Kier molecular flexibility index (Phi) is 4.90. The summed E-state index contributed by atoms with van der Waals surface area (Å²) < 4.78 is 5.54. The molecule has 0 saturated carbocycles. The molecule has 0 aliphatic carbocycles. The van der Waals surface area contributed by atoms with Crippen LogP contribution in [0.2, 0.25) is 0 Å². The van der Waals surface area contributed by atoms with Crippen molar-refractivity contribution in [2.24, 2.45) is 0 Å². The van der Waals surface area contributed by atoms with E-state index in [1.54, 1.807) is 12.1 Å². The Morgan fingerprint density at radius 1 is 0.880 bits per heavy atom. The molecule has 0 aliphatic heterocycles. The average Bonchev–Trinajstić information content (AvgIpc) is 2.62. The molecule has 3 aromatic carbocycles. The molecule has 0 unspecified atom stereocenters. The van der Waals surface area contributed by atoms with Crippen LogP contribution in [0.1, 0.15) is 12.5 Å². The maximum atomic E-state index is 12.6. The summed E-state index contributed by atoms with van der Waals surface area (Å²) in [6.45, 7) is 1.35. The van der Waals surface area contributed by atoms with Gasteiger partial charge in [0.25, 0.3) is 0 Å². The van der Waals surface area contributed by atoms with Crippen LogP contribution < -0.4 is 10.1 Å². The largest absolute Gasteiger partial charge is 0.421 e. The third-order valence-corrected chi connectivity index (χ3v) is 3.59. The van der Waals surface area contributed by atoms with Crippen LogP contribution in [0.3, 0.4) is 0 Å². The minimum absolute atomic E-state index is 0.0895. The minimum Gasteiger partial charge on any atom is -0.421 e. The van der Waals surface area contributed by atoms with Gasteiger partial charge in [-0.2, -0.15) is 0 Å². The van der Waals surface area contributed by atoms with Crippen LogP contribution in [0.5, 0.6) is 5.75 Å². The van der Waals surface area contributed by atoms with E-state index in [0.717, 1.165) is 16.3 Å². The van der Waals surface area contributed by atoms with E-state index in [2.05, 4.69) is 5.32 Å². The molecule has 0 bridgehead atoms. The van der Waals surface area contributed by atoms with Crippen LogP contribution in [0.25, 0.3) is 16.8 Å². The van der Waals surface area contributed by atoms with E-state index in [4.69, 9.17) is 4.74 Å². The van der Waals surface area contributed by atoms with Gasteiger partial charge >= 0.3 is 5.97 Å². The summed E-state index contributed by atoms with van der Waals surface area (Å²) in [4.78, 5) is 24.0. The highest BCUT2D eigenvalue weighted by molar-refractivity contribution is 6.00. The van der Waals surface area contributed by atoms with Crippen molar-refractivity contribution in [2.75, 3.05) is 0 Å². The van der Waals surface area contributed by atoms with Crippen LogP contribution in [-0.2, 0) is 9.59 Å². The summed E-state index contributed by atoms with van der Waals surface area (Å²) in [5, 5.41) is 4.35. The molecular formula is C21H17NO3. The molecule has 0 fully saturated rings. The number of nitrogens with one attached hydrogen (secondary N) is 1. The Balaban J connectivity index is 1.92. The number of rotatable bonds is 4. The van der Waals surface area contributed by atoms with E-state index in [-0.39, 0.29) is 11.6 Å². The lowest BCUT2D eigenvalue weighted by molar-refractivity contribution is -0.132. The number of hydrogen-bond donors (Lipinski definition) is 1. The number of ether oxygens (including phenoxy) is 1. The van der Waals surface area contributed by atoms with Crippen LogP contribution in [0.4, 0.5) is 0 Å². The van der Waals surface area contributed by atoms with Gasteiger partial charge in [-0.1, -0.05) is 66.7 Å². The molecule has 3 aromatic rings. The first-order valence-corrected chi connectivity index (χ1v) is 7.88. The fraction of sp³-hybridized carbons (Fsp3) is 0.0476. The third-order valence-electron chi connectivity index (χ3n) is 3.59. The predicted octanol–water partition coefficient (Wildman–Crippen LogP) is 3.92. The van der Waals surface area contributed by atoms with Gasteiger partial charge in [-0.25, -0.2) is 4.79 Å². The topological polar surface area (TPSA) is 55.4 Å². The molecule has 0 saturated heterocycles. The van der Waals surface area contributed by atoms with Crippen molar-refractivity contribution < 1.29 is 14.3 Å². The number of esters is 1. The van der Waals surface area contributed by atoms with Crippen molar-refractivity contribution in [2.45, 2.75) is 6.92 Å². The van der Waals surface area contributed by atoms with E-state index < -0.39 is 5.97 Å². The van der Waals surface area contributed by atoms with Crippen molar-refractivity contribution in [1.29, 1.82) is 0 Å². The van der Waals surface area contributed by atoms with Crippen molar-refractivity contribution in [3.63, 3.8) is 0 Å². The molecule has 0 heterocycles. The first-order chi connectivity index (χ1) is 12.1. The molecule has 0 spiro atoms. The molecule has 0 aromatic heterocycles. The third kappa shape index (κ3) is 4.12.